The normalized spacial score (nSPS) is 14.6. The lowest BCUT2D eigenvalue weighted by Crippen LogP contribution is -2.44. The minimum Gasteiger partial charge on any atom is -0.506 e. The highest BCUT2D eigenvalue weighted by Gasteiger charge is 2.31. The van der Waals surface area contributed by atoms with E-state index in [1.165, 1.54) is 0 Å². The van der Waals surface area contributed by atoms with Crippen LogP contribution >= 0.6 is 0 Å². The summed E-state index contributed by atoms with van der Waals surface area (Å²) in [4.78, 5) is 21.8. The number of carbonyl (C=O) groups excluding carboxylic acids is 1. The molecule has 0 aliphatic carbocycles. The molecule has 0 aromatic heterocycles. The first-order chi connectivity index (χ1) is 9.47. The number of hydrogen-bond acceptors (Lipinski definition) is 5. The Balaban J connectivity index is 0.000000956. The predicted octanol–water partition coefficient (Wildman–Crippen LogP) is -0.546. The molecule has 6 nitrogen and oxygen atoms in total. The van der Waals surface area contributed by atoms with Crippen LogP contribution in [0.25, 0.3) is 0 Å². The molecule has 0 radical (unpaired) electrons. The summed E-state index contributed by atoms with van der Waals surface area (Å²) in [7, 11) is -1.29. The first-order valence-electron chi connectivity index (χ1n) is 6.45. The minimum atomic E-state index is -1.29. The highest BCUT2D eigenvalue weighted by Crippen LogP contribution is 2.11. The van der Waals surface area contributed by atoms with Crippen LogP contribution in [-0.4, -0.2) is 35.2 Å². The van der Waals surface area contributed by atoms with Crippen molar-refractivity contribution in [2.75, 3.05) is 0 Å². The topological polar surface area (TPSA) is 110 Å². The third-order valence-corrected chi connectivity index (χ3v) is 2.83. The molecule has 0 spiro atoms. The molecule has 0 fully saturated rings. The molecular formula is C13H18BNO5. The van der Waals surface area contributed by atoms with Crippen molar-refractivity contribution in [3.63, 3.8) is 0 Å². The molecule has 4 N–H and O–H groups in total. The summed E-state index contributed by atoms with van der Waals surface area (Å²) in [5, 5.41) is 18.3. The second kappa shape index (κ2) is 7.07. The molecular weight excluding hydrogens is 261 g/mol. The van der Waals surface area contributed by atoms with Gasteiger partial charge in [0, 0.05) is 5.46 Å². The van der Waals surface area contributed by atoms with Crippen molar-refractivity contribution in [3.05, 3.63) is 29.3 Å². The molecule has 0 bridgehead atoms. The zero-order valence-corrected chi connectivity index (χ0v) is 11.5. The van der Waals surface area contributed by atoms with Gasteiger partial charge in [-0.25, -0.2) is 0 Å². The lowest BCUT2D eigenvalue weighted by atomic mass is 9.72. The lowest BCUT2D eigenvalue weighted by molar-refractivity contribution is -0.138. The van der Waals surface area contributed by atoms with Gasteiger partial charge in [0.15, 0.2) is 0 Å². The molecule has 2 rings (SSSR count). The Labute approximate surface area is 117 Å². The Kier molecular flexibility index (Phi) is 5.73. The summed E-state index contributed by atoms with van der Waals surface area (Å²) >= 11 is 0. The molecule has 0 amide bonds. The maximum Gasteiger partial charge on any atom is 0.562 e. The van der Waals surface area contributed by atoms with Gasteiger partial charge in [0.1, 0.15) is 6.04 Å². The summed E-state index contributed by atoms with van der Waals surface area (Å²) in [5.41, 5.74) is 7.29. The van der Waals surface area contributed by atoms with E-state index in [9.17, 15) is 14.6 Å². The molecule has 1 atom stereocenters. The van der Waals surface area contributed by atoms with E-state index in [4.69, 9.17) is 10.8 Å². The number of hydrogen-bond donors (Lipinski definition) is 3. The van der Waals surface area contributed by atoms with E-state index in [2.05, 4.69) is 4.65 Å². The van der Waals surface area contributed by atoms with Crippen molar-refractivity contribution in [2.24, 2.45) is 5.73 Å². The number of nitrogens with two attached hydrogens (primary N) is 1. The molecule has 1 aromatic rings. The standard InChI is InChI=1S/C11H12BNO5.C2H6/c13-9(11(15)16)4-6-1-2-7-5-10(14)18-12(17)8(7)3-6;1-2/h1-3,9,17H,4-5,13H2,(H,15,16);1-2H3. The van der Waals surface area contributed by atoms with E-state index < -0.39 is 25.1 Å². The number of carboxylic acids is 1. The fourth-order valence-corrected chi connectivity index (χ4v) is 1.89. The summed E-state index contributed by atoms with van der Waals surface area (Å²) in [5.74, 6) is -1.57. The maximum atomic E-state index is 11.1. The summed E-state index contributed by atoms with van der Waals surface area (Å²) in [6, 6.07) is 4.01. The molecule has 108 valence electrons. The smallest absolute Gasteiger partial charge is 0.506 e. The van der Waals surface area contributed by atoms with Crippen LogP contribution in [0.15, 0.2) is 18.2 Å². The van der Waals surface area contributed by atoms with Gasteiger partial charge in [-0.15, -0.1) is 0 Å². The van der Waals surface area contributed by atoms with E-state index in [0.717, 1.165) is 0 Å². The van der Waals surface area contributed by atoms with Crippen molar-refractivity contribution in [1.82, 2.24) is 0 Å². The number of benzene rings is 1. The summed E-state index contributed by atoms with van der Waals surface area (Å²) in [6.07, 6.45) is 0.265. The van der Waals surface area contributed by atoms with Crippen molar-refractivity contribution in [1.29, 1.82) is 0 Å². The van der Waals surface area contributed by atoms with E-state index >= 15 is 0 Å². The Bertz CT molecular complexity index is 506. The van der Waals surface area contributed by atoms with Gasteiger partial charge >= 0.3 is 13.1 Å². The second-order valence-electron chi connectivity index (χ2n) is 4.20. The highest BCUT2D eigenvalue weighted by molar-refractivity contribution is 6.63. The van der Waals surface area contributed by atoms with Crippen LogP contribution in [0.1, 0.15) is 25.0 Å². The fraction of sp³-hybridized carbons (Fsp3) is 0.385. The molecule has 7 heteroatoms. The number of fused-ring (bicyclic) bond motifs is 1. The SMILES string of the molecule is CC.NC(Cc1ccc2c(c1)B(O)OC(=O)C2)C(=O)O. The van der Waals surface area contributed by atoms with Crippen LogP contribution in [0.5, 0.6) is 0 Å². The van der Waals surface area contributed by atoms with Gasteiger partial charge in [-0.05, 0) is 17.5 Å². The van der Waals surface area contributed by atoms with E-state index in [1.807, 2.05) is 13.8 Å². The van der Waals surface area contributed by atoms with Crippen molar-refractivity contribution < 1.29 is 24.4 Å². The number of aliphatic carboxylic acids is 1. The third kappa shape index (κ3) is 3.82. The van der Waals surface area contributed by atoms with Crippen LogP contribution in [0.3, 0.4) is 0 Å². The molecule has 1 heterocycles. The molecule has 1 aliphatic heterocycles. The van der Waals surface area contributed by atoms with E-state index in [1.54, 1.807) is 18.2 Å². The quantitative estimate of drug-likeness (QED) is 0.641. The van der Waals surface area contributed by atoms with Gasteiger partial charge in [0.25, 0.3) is 5.97 Å². The van der Waals surface area contributed by atoms with Gasteiger partial charge in [-0.1, -0.05) is 32.0 Å². The molecule has 1 aromatic carbocycles. The van der Waals surface area contributed by atoms with Gasteiger partial charge < -0.3 is 20.5 Å². The highest BCUT2D eigenvalue weighted by atomic mass is 16.6. The Morgan fingerprint density at radius 2 is 2.15 bits per heavy atom. The average Bonchev–Trinajstić information content (AvgIpc) is 2.41. The predicted molar refractivity (Wildman–Crippen MR) is 74.5 cm³/mol. The summed E-state index contributed by atoms with van der Waals surface area (Å²) in [6.45, 7) is 4.00. The fourth-order valence-electron chi connectivity index (χ4n) is 1.89. The van der Waals surface area contributed by atoms with E-state index in [-0.39, 0.29) is 12.8 Å². The molecule has 0 saturated heterocycles. The Hall–Kier alpha value is -1.86. The van der Waals surface area contributed by atoms with Crippen LogP contribution in [0.2, 0.25) is 0 Å². The zero-order chi connectivity index (χ0) is 15.3. The van der Waals surface area contributed by atoms with Crippen molar-refractivity contribution in [2.45, 2.75) is 32.7 Å². The number of rotatable bonds is 3. The zero-order valence-electron chi connectivity index (χ0n) is 11.5. The molecule has 1 aliphatic rings. The first-order valence-corrected chi connectivity index (χ1v) is 6.45. The number of carboxylic acid groups (broad SMARTS) is 1. The minimum absolute atomic E-state index is 0.109. The average molecular weight is 279 g/mol. The largest absolute Gasteiger partial charge is 0.562 e. The van der Waals surface area contributed by atoms with Crippen LogP contribution < -0.4 is 11.2 Å². The first kappa shape index (κ1) is 16.2. The van der Waals surface area contributed by atoms with Crippen LogP contribution in [0, 0.1) is 0 Å². The second-order valence-corrected chi connectivity index (χ2v) is 4.20. The Morgan fingerprint density at radius 3 is 2.75 bits per heavy atom. The maximum absolute atomic E-state index is 11.1. The van der Waals surface area contributed by atoms with Crippen molar-refractivity contribution >= 4 is 24.5 Å². The summed E-state index contributed by atoms with van der Waals surface area (Å²) < 4.78 is 4.69. The lowest BCUT2D eigenvalue weighted by Gasteiger charge is -2.19. The van der Waals surface area contributed by atoms with Gasteiger partial charge in [-0.3, -0.25) is 9.59 Å². The van der Waals surface area contributed by atoms with Gasteiger partial charge in [0.05, 0.1) is 6.42 Å². The molecule has 0 saturated carbocycles. The molecule has 20 heavy (non-hydrogen) atoms. The van der Waals surface area contributed by atoms with Gasteiger partial charge in [-0.2, -0.15) is 0 Å². The monoisotopic (exact) mass is 279 g/mol. The Morgan fingerprint density at radius 1 is 1.50 bits per heavy atom. The van der Waals surface area contributed by atoms with Crippen LogP contribution in [0.4, 0.5) is 0 Å². The van der Waals surface area contributed by atoms with Crippen molar-refractivity contribution in [3.8, 4) is 0 Å². The number of carbonyl (C=O) groups is 2. The van der Waals surface area contributed by atoms with E-state index in [0.29, 0.717) is 16.6 Å². The van der Waals surface area contributed by atoms with Gasteiger partial charge in [0.2, 0.25) is 0 Å². The van der Waals surface area contributed by atoms with Crippen LogP contribution in [-0.2, 0) is 27.1 Å². The molecule has 1 unspecified atom stereocenters. The third-order valence-electron chi connectivity index (χ3n) is 2.83.